The number of rotatable bonds is 5. The molecule has 1 saturated heterocycles. The van der Waals surface area contributed by atoms with Crippen molar-refractivity contribution in [2.24, 2.45) is 0 Å². The Morgan fingerprint density at radius 3 is 2.25 bits per heavy atom. The van der Waals surface area contributed by atoms with E-state index < -0.39 is 50.2 Å². The van der Waals surface area contributed by atoms with E-state index in [1.165, 1.54) is 17.0 Å². The van der Waals surface area contributed by atoms with Gasteiger partial charge in [-0.1, -0.05) is 46.9 Å². The fraction of sp³-hybridized carbons (Fsp3) is 0.304. The lowest BCUT2D eigenvalue weighted by Crippen LogP contribution is -2.62. The predicted octanol–water partition coefficient (Wildman–Crippen LogP) is 5.09. The van der Waals surface area contributed by atoms with E-state index in [0.717, 1.165) is 18.4 Å². The van der Waals surface area contributed by atoms with E-state index in [1.807, 2.05) is 0 Å². The molecular formula is C23H17Cl3F3NO5S. The Morgan fingerprint density at radius 2 is 1.69 bits per heavy atom. The zero-order valence-electron chi connectivity index (χ0n) is 18.5. The molecule has 0 aromatic heterocycles. The average molecular weight is 583 g/mol. The van der Waals surface area contributed by atoms with Crippen LogP contribution in [0.3, 0.4) is 0 Å². The molecule has 0 N–H and O–H groups in total. The third-order valence-corrected chi connectivity index (χ3v) is 7.86. The van der Waals surface area contributed by atoms with Gasteiger partial charge in [0.15, 0.2) is 15.6 Å². The van der Waals surface area contributed by atoms with Gasteiger partial charge in [-0.3, -0.25) is 9.59 Å². The summed E-state index contributed by atoms with van der Waals surface area (Å²) in [6.45, 7) is 0.360. The Kier molecular flexibility index (Phi) is 6.98. The number of halogens is 6. The highest BCUT2D eigenvalue weighted by atomic mass is 35.5. The summed E-state index contributed by atoms with van der Waals surface area (Å²) in [6.07, 6.45) is -3.44. The molecule has 1 spiro atoms. The molecule has 1 fully saturated rings. The number of nitrogens with zero attached hydrogens (tertiary/aromatic N) is 1. The van der Waals surface area contributed by atoms with Crippen molar-refractivity contribution in [3.8, 4) is 0 Å². The van der Waals surface area contributed by atoms with E-state index in [1.54, 1.807) is 6.07 Å². The van der Waals surface area contributed by atoms with Crippen LogP contribution in [-0.4, -0.2) is 56.3 Å². The Bertz CT molecular complexity index is 1390. The lowest BCUT2D eigenvalue weighted by molar-refractivity contribution is -0.166. The van der Waals surface area contributed by atoms with Crippen molar-refractivity contribution in [2.75, 3.05) is 25.1 Å². The van der Waals surface area contributed by atoms with E-state index in [2.05, 4.69) is 0 Å². The first-order valence-electron chi connectivity index (χ1n) is 10.3. The topological polar surface area (TPSA) is 80.8 Å². The van der Waals surface area contributed by atoms with Crippen molar-refractivity contribution in [3.63, 3.8) is 0 Å². The van der Waals surface area contributed by atoms with E-state index in [-0.39, 0.29) is 40.3 Å². The number of carbonyl (C=O) groups excluding carboxylic acids is 2. The van der Waals surface area contributed by atoms with Crippen molar-refractivity contribution < 1.29 is 35.9 Å². The Labute approximate surface area is 219 Å². The minimum absolute atomic E-state index is 0.00615. The highest BCUT2D eigenvalue weighted by Crippen LogP contribution is 2.44. The van der Waals surface area contributed by atoms with Crippen LogP contribution in [-0.2, 0) is 31.6 Å². The summed E-state index contributed by atoms with van der Waals surface area (Å²) >= 11 is 17.6. The van der Waals surface area contributed by atoms with Crippen LogP contribution in [0.2, 0.25) is 15.1 Å². The zero-order valence-corrected chi connectivity index (χ0v) is 21.5. The van der Waals surface area contributed by atoms with Gasteiger partial charge in [0, 0.05) is 11.8 Å². The minimum atomic E-state index is -4.88. The summed E-state index contributed by atoms with van der Waals surface area (Å²) < 4.78 is 70.0. The number of carbonyl (C=O) groups is 2. The maximum absolute atomic E-state index is 13.8. The second-order valence-electron chi connectivity index (χ2n) is 8.65. The number of fused-ring (bicyclic) bond motifs is 2. The molecule has 0 unspecified atom stereocenters. The van der Waals surface area contributed by atoms with Crippen LogP contribution in [0, 0.1) is 0 Å². The molecule has 2 aromatic carbocycles. The van der Waals surface area contributed by atoms with E-state index >= 15 is 0 Å². The van der Waals surface area contributed by atoms with Gasteiger partial charge in [0.1, 0.15) is 11.4 Å². The van der Waals surface area contributed by atoms with Crippen molar-refractivity contribution in [2.45, 2.75) is 18.4 Å². The van der Waals surface area contributed by atoms with Gasteiger partial charge in [0.25, 0.3) is 0 Å². The summed E-state index contributed by atoms with van der Waals surface area (Å²) in [6, 6.07) is 6.36. The Hall–Kier alpha value is -2.11. The summed E-state index contributed by atoms with van der Waals surface area (Å²) in [5, 5.41) is -0.479. The lowest BCUT2D eigenvalue weighted by atomic mass is 9.84. The normalized spacial score (nSPS) is 17.2. The summed E-state index contributed by atoms with van der Waals surface area (Å²) in [5.41, 5.74) is -1.19. The highest BCUT2D eigenvalue weighted by molar-refractivity contribution is 7.91. The number of alkyl halides is 3. The summed E-state index contributed by atoms with van der Waals surface area (Å²) in [5.74, 6) is -2.05. The number of allylic oxidation sites excluding steroid dienone is 2. The van der Waals surface area contributed by atoms with Crippen LogP contribution in [0.1, 0.15) is 27.0 Å². The Morgan fingerprint density at radius 1 is 1.08 bits per heavy atom. The number of hydrogen-bond donors (Lipinski definition) is 0. The minimum Gasteiger partial charge on any atom is -0.362 e. The van der Waals surface area contributed by atoms with Crippen molar-refractivity contribution >= 4 is 61.9 Å². The van der Waals surface area contributed by atoms with Crippen LogP contribution >= 0.6 is 34.8 Å². The predicted molar refractivity (Wildman–Crippen MR) is 129 cm³/mol. The molecular weight excluding hydrogens is 566 g/mol. The number of ketones is 1. The largest absolute Gasteiger partial charge is 0.417 e. The number of benzene rings is 2. The number of ether oxygens (including phenoxy) is 1. The van der Waals surface area contributed by atoms with E-state index in [0.29, 0.717) is 17.2 Å². The molecule has 4 rings (SSSR count). The van der Waals surface area contributed by atoms with Gasteiger partial charge in [0.05, 0.1) is 40.3 Å². The Balaban J connectivity index is 1.58. The lowest BCUT2D eigenvalue weighted by Gasteiger charge is -2.47. The first-order chi connectivity index (χ1) is 16.6. The van der Waals surface area contributed by atoms with Crippen LogP contribution in [0.25, 0.3) is 5.57 Å². The molecule has 0 atom stereocenters. The molecule has 6 nitrogen and oxygen atoms in total. The second kappa shape index (κ2) is 9.33. The van der Waals surface area contributed by atoms with Gasteiger partial charge in [-0.15, -0.1) is 0 Å². The van der Waals surface area contributed by atoms with Gasteiger partial charge in [-0.25, -0.2) is 8.42 Å². The van der Waals surface area contributed by atoms with Crippen LogP contribution in [0.4, 0.5) is 13.2 Å². The molecule has 2 aliphatic rings. The fourth-order valence-electron chi connectivity index (χ4n) is 4.18. The third-order valence-electron chi connectivity index (χ3n) is 5.89. The van der Waals surface area contributed by atoms with Gasteiger partial charge >= 0.3 is 6.18 Å². The van der Waals surface area contributed by atoms with Gasteiger partial charge in [-0.2, -0.15) is 13.2 Å². The molecule has 0 aliphatic carbocycles. The zero-order chi connectivity index (χ0) is 26.6. The van der Waals surface area contributed by atoms with Crippen LogP contribution in [0.5, 0.6) is 0 Å². The summed E-state index contributed by atoms with van der Waals surface area (Å²) in [7, 11) is -3.48. The van der Waals surface area contributed by atoms with Crippen molar-refractivity contribution in [1.29, 1.82) is 0 Å². The quantitative estimate of drug-likeness (QED) is 0.279. The van der Waals surface area contributed by atoms with Gasteiger partial charge in [0.2, 0.25) is 5.91 Å². The molecule has 0 bridgehead atoms. The van der Waals surface area contributed by atoms with Crippen LogP contribution < -0.4 is 0 Å². The van der Waals surface area contributed by atoms with E-state index in [9.17, 15) is 31.2 Å². The molecule has 13 heteroatoms. The molecule has 2 aliphatic heterocycles. The number of amides is 1. The maximum Gasteiger partial charge on any atom is 0.417 e. The molecule has 2 aromatic rings. The smallest absolute Gasteiger partial charge is 0.362 e. The van der Waals surface area contributed by atoms with E-state index in [4.69, 9.17) is 39.5 Å². The fourth-order valence-corrected chi connectivity index (χ4v) is 5.41. The third kappa shape index (κ3) is 5.28. The molecule has 0 radical (unpaired) electrons. The molecule has 36 heavy (non-hydrogen) atoms. The average Bonchev–Trinajstić information content (AvgIpc) is 3.11. The standard InChI is InChI=1S/C23H17Cl3F3NO5S/c1-36(33,34)9-20(32)30-10-22(11-30)15-3-2-12(4-14(15)8-35-22)19(31)7-16(23(27,28)29)13-5-17(24)21(26)18(25)6-13/h2-7H,8-11H2,1H3/b16-7+. The second-order valence-corrected chi connectivity index (χ2v) is 12.0. The first kappa shape index (κ1) is 26.9. The van der Waals surface area contributed by atoms with Crippen molar-refractivity contribution in [1.82, 2.24) is 4.90 Å². The van der Waals surface area contributed by atoms with Crippen molar-refractivity contribution in [3.05, 3.63) is 73.7 Å². The monoisotopic (exact) mass is 581 g/mol. The van der Waals surface area contributed by atoms with Crippen LogP contribution in [0.15, 0.2) is 36.4 Å². The molecule has 1 amide bonds. The first-order valence-corrected chi connectivity index (χ1v) is 13.5. The van der Waals surface area contributed by atoms with Gasteiger partial charge < -0.3 is 9.64 Å². The number of likely N-dealkylation sites (tertiary alicyclic amines) is 1. The SMILES string of the molecule is CS(=O)(=O)CC(=O)N1CC2(C1)OCc1cc(C(=O)/C=C(\c3cc(Cl)c(Cl)c(Cl)c3)C(F)(F)F)ccc12. The van der Waals surface area contributed by atoms with Gasteiger partial charge in [-0.05, 0) is 41.0 Å². The number of sulfone groups is 1. The molecule has 2 heterocycles. The summed E-state index contributed by atoms with van der Waals surface area (Å²) in [4.78, 5) is 26.3. The highest BCUT2D eigenvalue weighted by Gasteiger charge is 2.51. The maximum atomic E-state index is 13.8. The molecule has 0 saturated carbocycles. The number of hydrogen-bond acceptors (Lipinski definition) is 5. The molecule has 192 valence electrons.